The first-order chi connectivity index (χ1) is 13.5. The van der Waals surface area contributed by atoms with Gasteiger partial charge in [-0.2, -0.15) is 0 Å². The SMILES string of the molecule is Cc1ccc2c(c1)/C(=C/c1ccc(COC(=O)c3ccccc3C)o1)C(=O)N2. The molecule has 5 nitrogen and oxygen atoms in total. The molecule has 0 saturated heterocycles. The normalized spacial score (nSPS) is 14.1. The maximum absolute atomic E-state index is 12.3. The van der Waals surface area contributed by atoms with E-state index < -0.39 is 5.97 Å². The Morgan fingerprint density at radius 1 is 1.11 bits per heavy atom. The number of benzene rings is 2. The Bertz CT molecular complexity index is 1110. The van der Waals surface area contributed by atoms with Crippen molar-refractivity contribution in [2.45, 2.75) is 20.5 Å². The Kier molecular flexibility index (Phi) is 4.57. The van der Waals surface area contributed by atoms with Gasteiger partial charge in [-0.15, -0.1) is 0 Å². The quantitative estimate of drug-likeness (QED) is 0.529. The third-order valence-electron chi connectivity index (χ3n) is 4.64. The van der Waals surface area contributed by atoms with Gasteiger partial charge < -0.3 is 14.5 Å². The van der Waals surface area contributed by atoms with Crippen molar-refractivity contribution in [1.82, 2.24) is 0 Å². The zero-order chi connectivity index (χ0) is 19.7. The minimum absolute atomic E-state index is 0.0260. The number of carbonyl (C=O) groups excluding carboxylic acids is 2. The third-order valence-corrected chi connectivity index (χ3v) is 4.64. The van der Waals surface area contributed by atoms with E-state index in [1.807, 2.05) is 44.2 Å². The van der Waals surface area contributed by atoms with Gasteiger partial charge in [-0.25, -0.2) is 4.79 Å². The predicted octanol–water partition coefficient (Wildman–Crippen LogP) is 4.75. The van der Waals surface area contributed by atoms with Crippen molar-refractivity contribution >= 4 is 29.2 Å². The van der Waals surface area contributed by atoms with Gasteiger partial charge in [-0.1, -0.05) is 29.8 Å². The lowest BCUT2D eigenvalue weighted by Gasteiger charge is -2.05. The van der Waals surface area contributed by atoms with Crippen LogP contribution in [0.5, 0.6) is 0 Å². The second-order valence-electron chi connectivity index (χ2n) is 6.76. The molecule has 1 aromatic heterocycles. The summed E-state index contributed by atoms with van der Waals surface area (Å²) in [5.41, 5.74) is 4.67. The summed E-state index contributed by atoms with van der Waals surface area (Å²) in [7, 11) is 0. The van der Waals surface area contributed by atoms with Crippen molar-refractivity contribution in [3.8, 4) is 0 Å². The van der Waals surface area contributed by atoms with Crippen molar-refractivity contribution in [2.75, 3.05) is 5.32 Å². The average molecular weight is 373 g/mol. The molecule has 5 heteroatoms. The van der Waals surface area contributed by atoms with E-state index in [0.717, 1.165) is 22.4 Å². The van der Waals surface area contributed by atoms with Crippen molar-refractivity contribution < 1.29 is 18.7 Å². The van der Waals surface area contributed by atoms with Gasteiger partial charge in [-0.3, -0.25) is 4.79 Å². The van der Waals surface area contributed by atoms with Crippen LogP contribution < -0.4 is 5.32 Å². The molecule has 2 aromatic carbocycles. The molecular formula is C23H19NO4. The number of hydrogen-bond acceptors (Lipinski definition) is 4. The number of ether oxygens (including phenoxy) is 1. The smallest absolute Gasteiger partial charge is 0.338 e. The summed E-state index contributed by atoms with van der Waals surface area (Å²) in [5.74, 6) is 0.483. The molecule has 3 aromatic rings. The van der Waals surface area contributed by atoms with Crippen LogP contribution in [0.25, 0.3) is 11.6 Å². The first-order valence-electron chi connectivity index (χ1n) is 8.97. The van der Waals surface area contributed by atoms with Gasteiger partial charge in [0, 0.05) is 11.3 Å². The molecule has 2 heterocycles. The second kappa shape index (κ2) is 7.19. The summed E-state index contributed by atoms with van der Waals surface area (Å²) in [6.45, 7) is 3.87. The Morgan fingerprint density at radius 3 is 2.75 bits per heavy atom. The van der Waals surface area contributed by atoms with Gasteiger partial charge in [0.05, 0.1) is 11.1 Å². The standard InChI is InChI=1S/C23H19NO4/c1-14-7-10-21-19(11-14)20(22(25)24-21)12-16-8-9-17(28-16)13-27-23(26)18-6-4-3-5-15(18)2/h3-12H,13H2,1-2H3,(H,24,25)/b20-12-. The number of anilines is 1. The number of rotatable bonds is 4. The van der Waals surface area contributed by atoms with E-state index in [9.17, 15) is 9.59 Å². The number of aryl methyl sites for hydroxylation is 2. The van der Waals surface area contributed by atoms with Crippen LogP contribution in [0.1, 0.15) is 38.6 Å². The lowest BCUT2D eigenvalue weighted by atomic mass is 10.0. The zero-order valence-corrected chi connectivity index (χ0v) is 15.6. The average Bonchev–Trinajstić information content (AvgIpc) is 3.25. The molecule has 0 aliphatic carbocycles. The van der Waals surface area contributed by atoms with Gasteiger partial charge in [0.2, 0.25) is 0 Å². The van der Waals surface area contributed by atoms with E-state index in [1.54, 1.807) is 30.3 Å². The fourth-order valence-electron chi connectivity index (χ4n) is 3.15. The van der Waals surface area contributed by atoms with Crippen molar-refractivity contribution in [2.24, 2.45) is 0 Å². The molecule has 1 aliphatic heterocycles. The van der Waals surface area contributed by atoms with Crippen LogP contribution in [0.2, 0.25) is 0 Å². The Hall–Kier alpha value is -3.60. The van der Waals surface area contributed by atoms with Crippen molar-refractivity contribution in [3.63, 3.8) is 0 Å². The van der Waals surface area contributed by atoms with E-state index in [-0.39, 0.29) is 12.5 Å². The summed E-state index contributed by atoms with van der Waals surface area (Å²) in [6, 6.07) is 16.6. The zero-order valence-electron chi connectivity index (χ0n) is 15.6. The number of fused-ring (bicyclic) bond motifs is 1. The predicted molar refractivity (Wildman–Crippen MR) is 107 cm³/mol. The molecule has 0 spiro atoms. The molecule has 1 N–H and O–H groups in total. The molecule has 140 valence electrons. The summed E-state index contributed by atoms with van der Waals surface area (Å²) >= 11 is 0. The van der Waals surface area contributed by atoms with Crippen LogP contribution in [0, 0.1) is 13.8 Å². The summed E-state index contributed by atoms with van der Waals surface area (Å²) in [5, 5.41) is 2.85. The van der Waals surface area contributed by atoms with Crippen LogP contribution in [-0.4, -0.2) is 11.9 Å². The Labute approximate surface area is 162 Å². The second-order valence-corrected chi connectivity index (χ2v) is 6.76. The highest BCUT2D eigenvalue weighted by atomic mass is 16.5. The number of amides is 1. The van der Waals surface area contributed by atoms with Gasteiger partial charge in [0.1, 0.15) is 18.1 Å². The van der Waals surface area contributed by atoms with E-state index in [4.69, 9.17) is 9.15 Å². The molecular weight excluding hydrogens is 354 g/mol. The number of esters is 1. The highest BCUT2D eigenvalue weighted by Gasteiger charge is 2.24. The fraction of sp³-hybridized carbons (Fsp3) is 0.130. The molecule has 1 amide bonds. The largest absolute Gasteiger partial charge is 0.458 e. The van der Waals surface area contributed by atoms with Crippen LogP contribution in [0.3, 0.4) is 0 Å². The highest BCUT2D eigenvalue weighted by molar-refractivity contribution is 6.34. The van der Waals surface area contributed by atoms with E-state index in [0.29, 0.717) is 22.7 Å². The van der Waals surface area contributed by atoms with Crippen LogP contribution >= 0.6 is 0 Å². The Balaban J connectivity index is 1.49. The highest BCUT2D eigenvalue weighted by Crippen LogP contribution is 2.34. The van der Waals surface area contributed by atoms with Crippen LogP contribution in [0.4, 0.5) is 5.69 Å². The lowest BCUT2D eigenvalue weighted by Crippen LogP contribution is -2.06. The first-order valence-corrected chi connectivity index (χ1v) is 8.97. The van der Waals surface area contributed by atoms with Crippen molar-refractivity contribution in [1.29, 1.82) is 0 Å². The van der Waals surface area contributed by atoms with Crippen LogP contribution in [0.15, 0.2) is 59.0 Å². The number of nitrogens with one attached hydrogen (secondary N) is 1. The molecule has 0 bridgehead atoms. The minimum atomic E-state index is -0.394. The minimum Gasteiger partial charge on any atom is -0.458 e. The number of furan rings is 1. The lowest BCUT2D eigenvalue weighted by molar-refractivity contribution is -0.110. The third kappa shape index (κ3) is 3.47. The Morgan fingerprint density at radius 2 is 1.93 bits per heavy atom. The fourth-order valence-corrected chi connectivity index (χ4v) is 3.15. The van der Waals surface area contributed by atoms with Gasteiger partial charge >= 0.3 is 5.97 Å². The topological polar surface area (TPSA) is 68.5 Å². The van der Waals surface area contributed by atoms with Gasteiger partial charge in [-0.05, 0) is 55.8 Å². The van der Waals surface area contributed by atoms with Gasteiger partial charge in [0.15, 0.2) is 0 Å². The molecule has 28 heavy (non-hydrogen) atoms. The number of hydrogen-bond donors (Lipinski definition) is 1. The summed E-state index contributed by atoms with van der Waals surface area (Å²) in [4.78, 5) is 24.5. The molecule has 0 radical (unpaired) electrons. The molecule has 0 unspecified atom stereocenters. The van der Waals surface area contributed by atoms with Gasteiger partial charge in [0.25, 0.3) is 5.91 Å². The van der Waals surface area contributed by atoms with Crippen LogP contribution in [-0.2, 0) is 16.1 Å². The van der Waals surface area contributed by atoms with E-state index >= 15 is 0 Å². The van der Waals surface area contributed by atoms with E-state index in [2.05, 4.69) is 5.32 Å². The summed E-state index contributed by atoms with van der Waals surface area (Å²) < 4.78 is 11.1. The first kappa shape index (κ1) is 17.8. The molecule has 0 fully saturated rings. The maximum Gasteiger partial charge on any atom is 0.338 e. The molecule has 1 aliphatic rings. The number of carbonyl (C=O) groups is 2. The molecule has 4 rings (SSSR count). The summed E-state index contributed by atoms with van der Waals surface area (Å²) in [6.07, 6.45) is 1.70. The monoisotopic (exact) mass is 373 g/mol. The molecule has 0 atom stereocenters. The van der Waals surface area contributed by atoms with Crippen molar-refractivity contribution in [3.05, 3.63) is 88.4 Å². The maximum atomic E-state index is 12.3. The molecule has 0 saturated carbocycles. The van der Waals surface area contributed by atoms with E-state index in [1.165, 1.54) is 0 Å².